The van der Waals surface area contributed by atoms with Gasteiger partial charge in [0.05, 0.1) is 6.54 Å². The largest absolute Gasteiger partial charge is 0.334 e. The fourth-order valence-corrected chi connectivity index (χ4v) is 2.27. The Bertz CT molecular complexity index is 325. The summed E-state index contributed by atoms with van der Waals surface area (Å²) >= 11 is 0. The molecule has 108 valence electrons. The summed E-state index contributed by atoms with van der Waals surface area (Å²) in [4.78, 5) is 24.9. The standard InChI is InChI=1S/C13H24N4O2/c1-3-8-15-13(19)16-12(18)9-17(2)11-6-4-10(14)5-7-11/h3,10-11H,1,4-9,14H2,2H3,(H2,15,16,18,19). The zero-order valence-corrected chi connectivity index (χ0v) is 11.5. The van der Waals surface area contributed by atoms with Crippen molar-refractivity contribution < 1.29 is 9.59 Å². The molecule has 1 aliphatic rings. The number of imide groups is 1. The molecule has 6 heteroatoms. The maximum atomic E-state index is 11.7. The first-order valence-electron chi connectivity index (χ1n) is 6.67. The van der Waals surface area contributed by atoms with Crippen LogP contribution in [0.5, 0.6) is 0 Å². The summed E-state index contributed by atoms with van der Waals surface area (Å²) in [5.74, 6) is -0.293. The van der Waals surface area contributed by atoms with Crippen LogP contribution >= 0.6 is 0 Å². The summed E-state index contributed by atoms with van der Waals surface area (Å²) in [5.41, 5.74) is 5.85. The molecule has 0 heterocycles. The molecule has 1 aliphatic carbocycles. The number of carbonyl (C=O) groups excluding carboxylic acids is 2. The Morgan fingerprint density at radius 3 is 2.58 bits per heavy atom. The summed E-state index contributed by atoms with van der Waals surface area (Å²) in [5, 5.41) is 4.79. The van der Waals surface area contributed by atoms with Gasteiger partial charge < -0.3 is 11.1 Å². The number of amides is 3. The minimum absolute atomic E-state index is 0.224. The number of urea groups is 1. The van der Waals surface area contributed by atoms with Crippen molar-refractivity contribution in [1.29, 1.82) is 0 Å². The summed E-state index contributed by atoms with van der Waals surface area (Å²) < 4.78 is 0. The molecule has 0 atom stereocenters. The van der Waals surface area contributed by atoms with Crippen LogP contribution < -0.4 is 16.4 Å². The van der Waals surface area contributed by atoms with E-state index in [0.717, 1.165) is 25.7 Å². The predicted molar refractivity (Wildman–Crippen MR) is 74.6 cm³/mol. The van der Waals surface area contributed by atoms with Gasteiger partial charge in [-0.3, -0.25) is 15.0 Å². The Kier molecular flexibility index (Phi) is 6.52. The second-order valence-corrected chi connectivity index (χ2v) is 5.03. The van der Waals surface area contributed by atoms with Crippen LogP contribution in [0.2, 0.25) is 0 Å². The molecule has 0 radical (unpaired) electrons. The van der Waals surface area contributed by atoms with Gasteiger partial charge >= 0.3 is 6.03 Å². The molecule has 0 saturated heterocycles. The lowest BCUT2D eigenvalue weighted by Gasteiger charge is -2.32. The molecule has 0 spiro atoms. The van der Waals surface area contributed by atoms with E-state index in [4.69, 9.17) is 5.73 Å². The molecular formula is C13H24N4O2. The van der Waals surface area contributed by atoms with Crippen LogP contribution in [0.3, 0.4) is 0 Å². The minimum atomic E-state index is -0.482. The van der Waals surface area contributed by atoms with Crippen LogP contribution in [0.25, 0.3) is 0 Å². The van der Waals surface area contributed by atoms with Crippen molar-refractivity contribution in [1.82, 2.24) is 15.5 Å². The highest BCUT2D eigenvalue weighted by Gasteiger charge is 2.23. The van der Waals surface area contributed by atoms with Crippen molar-refractivity contribution >= 4 is 11.9 Å². The highest BCUT2D eigenvalue weighted by Crippen LogP contribution is 2.20. The summed E-state index contributed by atoms with van der Waals surface area (Å²) in [6.45, 7) is 4.05. The smallest absolute Gasteiger partial charge is 0.321 e. The normalized spacial score (nSPS) is 22.9. The minimum Gasteiger partial charge on any atom is -0.334 e. The molecule has 4 N–H and O–H groups in total. The number of likely N-dealkylation sites (N-methyl/N-ethyl adjacent to an activating group) is 1. The van der Waals surface area contributed by atoms with E-state index in [0.29, 0.717) is 18.6 Å². The molecule has 0 bridgehead atoms. The van der Waals surface area contributed by atoms with E-state index in [1.807, 2.05) is 11.9 Å². The van der Waals surface area contributed by atoms with E-state index < -0.39 is 6.03 Å². The number of nitrogens with one attached hydrogen (secondary N) is 2. The molecular weight excluding hydrogens is 244 g/mol. The number of rotatable bonds is 5. The molecule has 0 aromatic heterocycles. The highest BCUT2D eigenvalue weighted by atomic mass is 16.2. The monoisotopic (exact) mass is 268 g/mol. The van der Waals surface area contributed by atoms with Crippen LogP contribution in [-0.2, 0) is 4.79 Å². The maximum absolute atomic E-state index is 11.7. The molecule has 0 unspecified atom stereocenters. The molecule has 1 rings (SSSR count). The predicted octanol–water partition coefficient (Wildman–Crippen LogP) is 0.200. The number of hydrogen-bond acceptors (Lipinski definition) is 4. The molecule has 1 saturated carbocycles. The molecule has 0 aromatic carbocycles. The average Bonchev–Trinajstić information content (AvgIpc) is 2.36. The van der Waals surface area contributed by atoms with E-state index in [1.165, 1.54) is 0 Å². The van der Waals surface area contributed by atoms with Crippen LogP contribution in [0.15, 0.2) is 12.7 Å². The molecule has 0 aromatic rings. The lowest BCUT2D eigenvalue weighted by atomic mass is 9.91. The average molecular weight is 268 g/mol. The molecule has 0 aliphatic heterocycles. The van der Waals surface area contributed by atoms with Crippen molar-refractivity contribution in [3.05, 3.63) is 12.7 Å². The fraction of sp³-hybridized carbons (Fsp3) is 0.692. The third-order valence-electron chi connectivity index (χ3n) is 3.42. The van der Waals surface area contributed by atoms with Gasteiger partial charge in [0.1, 0.15) is 0 Å². The fourth-order valence-electron chi connectivity index (χ4n) is 2.27. The lowest BCUT2D eigenvalue weighted by Crippen LogP contribution is -2.47. The van der Waals surface area contributed by atoms with E-state index in [-0.39, 0.29) is 12.5 Å². The molecule has 19 heavy (non-hydrogen) atoms. The van der Waals surface area contributed by atoms with Gasteiger partial charge in [0.15, 0.2) is 0 Å². The Balaban J connectivity index is 2.27. The molecule has 3 amide bonds. The quantitative estimate of drug-likeness (QED) is 0.622. The number of carbonyl (C=O) groups is 2. The van der Waals surface area contributed by atoms with Gasteiger partial charge in [0.2, 0.25) is 5.91 Å². The van der Waals surface area contributed by atoms with E-state index in [9.17, 15) is 9.59 Å². The Morgan fingerprint density at radius 2 is 2.00 bits per heavy atom. The van der Waals surface area contributed by atoms with E-state index >= 15 is 0 Å². The zero-order chi connectivity index (χ0) is 14.3. The topological polar surface area (TPSA) is 87.5 Å². The summed E-state index contributed by atoms with van der Waals surface area (Å²) in [7, 11) is 1.91. The Hall–Kier alpha value is -1.40. The van der Waals surface area contributed by atoms with Crippen molar-refractivity contribution in [2.45, 2.75) is 37.8 Å². The third-order valence-corrected chi connectivity index (χ3v) is 3.42. The molecule has 1 fully saturated rings. The van der Waals surface area contributed by atoms with E-state index in [1.54, 1.807) is 6.08 Å². The second-order valence-electron chi connectivity index (χ2n) is 5.03. The van der Waals surface area contributed by atoms with Crippen LogP contribution in [0.1, 0.15) is 25.7 Å². The second kappa shape index (κ2) is 7.91. The van der Waals surface area contributed by atoms with Gasteiger partial charge in [-0.1, -0.05) is 6.08 Å². The van der Waals surface area contributed by atoms with Gasteiger partial charge in [-0.25, -0.2) is 4.79 Å². The number of nitrogens with two attached hydrogens (primary N) is 1. The van der Waals surface area contributed by atoms with E-state index in [2.05, 4.69) is 17.2 Å². The van der Waals surface area contributed by atoms with Gasteiger partial charge in [-0.05, 0) is 32.7 Å². The van der Waals surface area contributed by atoms with Gasteiger partial charge in [0.25, 0.3) is 0 Å². The van der Waals surface area contributed by atoms with Crippen LogP contribution in [0.4, 0.5) is 4.79 Å². The third kappa shape index (κ3) is 5.85. The van der Waals surface area contributed by atoms with Gasteiger partial charge in [-0.2, -0.15) is 0 Å². The molecule has 6 nitrogen and oxygen atoms in total. The van der Waals surface area contributed by atoms with Gasteiger partial charge in [-0.15, -0.1) is 6.58 Å². The van der Waals surface area contributed by atoms with Crippen molar-refractivity contribution in [2.75, 3.05) is 20.1 Å². The Morgan fingerprint density at radius 1 is 1.37 bits per heavy atom. The first-order chi connectivity index (χ1) is 9.02. The van der Waals surface area contributed by atoms with Crippen molar-refractivity contribution in [3.8, 4) is 0 Å². The number of hydrogen-bond donors (Lipinski definition) is 3. The Labute approximate surface area is 114 Å². The maximum Gasteiger partial charge on any atom is 0.321 e. The summed E-state index contributed by atoms with van der Waals surface area (Å²) in [6, 6.07) is 0.189. The first-order valence-corrected chi connectivity index (χ1v) is 6.67. The lowest BCUT2D eigenvalue weighted by molar-refractivity contribution is -0.121. The van der Waals surface area contributed by atoms with Crippen LogP contribution in [0, 0.1) is 0 Å². The summed E-state index contributed by atoms with van der Waals surface area (Å²) in [6.07, 6.45) is 5.57. The highest BCUT2D eigenvalue weighted by molar-refractivity contribution is 5.95. The van der Waals surface area contributed by atoms with Crippen molar-refractivity contribution in [3.63, 3.8) is 0 Å². The van der Waals surface area contributed by atoms with Crippen LogP contribution in [-0.4, -0.2) is 49.1 Å². The van der Waals surface area contributed by atoms with Crippen molar-refractivity contribution in [2.24, 2.45) is 5.73 Å². The van der Waals surface area contributed by atoms with Gasteiger partial charge in [0, 0.05) is 18.6 Å². The number of nitrogens with zero attached hydrogens (tertiary/aromatic N) is 1. The SMILES string of the molecule is C=CCNC(=O)NC(=O)CN(C)C1CCC(N)CC1. The zero-order valence-electron chi connectivity index (χ0n) is 11.5. The first kappa shape index (κ1) is 15.7.